The summed E-state index contributed by atoms with van der Waals surface area (Å²) in [5.74, 6) is 0.483. The molecule has 4 unspecified atom stereocenters. The van der Waals surface area contributed by atoms with Crippen molar-refractivity contribution in [3.8, 4) is 0 Å². The molecule has 2 aliphatic heterocycles. The summed E-state index contributed by atoms with van der Waals surface area (Å²) in [7, 11) is 2.00. The second kappa shape index (κ2) is 2.44. The molecule has 0 amide bonds. The third-order valence-corrected chi connectivity index (χ3v) is 3.22. The van der Waals surface area contributed by atoms with Gasteiger partial charge in [0.2, 0.25) is 0 Å². The van der Waals surface area contributed by atoms with Gasteiger partial charge in [0.05, 0.1) is 0 Å². The SMILES string of the molecule is CC1CC2NCC2C(O)N1C. The van der Waals surface area contributed by atoms with Gasteiger partial charge < -0.3 is 10.4 Å². The van der Waals surface area contributed by atoms with Gasteiger partial charge in [-0.25, -0.2) is 0 Å². The van der Waals surface area contributed by atoms with Crippen LogP contribution in [0.1, 0.15) is 13.3 Å². The van der Waals surface area contributed by atoms with E-state index < -0.39 is 0 Å². The van der Waals surface area contributed by atoms with Crippen LogP contribution in [0.2, 0.25) is 0 Å². The summed E-state index contributed by atoms with van der Waals surface area (Å²) in [5.41, 5.74) is 0. The number of nitrogens with one attached hydrogen (secondary N) is 1. The Kier molecular flexibility index (Phi) is 1.67. The summed E-state index contributed by atoms with van der Waals surface area (Å²) in [4.78, 5) is 2.07. The number of likely N-dealkylation sites (tertiary alicyclic amines) is 1. The molecule has 2 aliphatic rings. The Morgan fingerprint density at radius 1 is 1.55 bits per heavy atom. The van der Waals surface area contributed by atoms with E-state index in [0.717, 1.165) is 6.54 Å². The van der Waals surface area contributed by atoms with Crippen LogP contribution in [-0.2, 0) is 0 Å². The normalized spacial score (nSPS) is 51.5. The Labute approximate surface area is 67.4 Å². The summed E-state index contributed by atoms with van der Waals surface area (Å²) >= 11 is 0. The molecule has 0 bridgehead atoms. The fraction of sp³-hybridized carbons (Fsp3) is 1.00. The molecule has 0 aromatic carbocycles. The van der Waals surface area contributed by atoms with Crippen molar-refractivity contribution in [3.63, 3.8) is 0 Å². The van der Waals surface area contributed by atoms with Crippen molar-refractivity contribution in [2.24, 2.45) is 5.92 Å². The molecule has 2 N–H and O–H groups in total. The van der Waals surface area contributed by atoms with Gasteiger partial charge in [-0.2, -0.15) is 0 Å². The zero-order valence-corrected chi connectivity index (χ0v) is 7.12. The summed E-state index contributed by atoms with van der Waals surface area (Å²) in [5, 5.41) is 13.1. The molecule has 2 fully saturated rings. The maximum absolute atomic E-state index is 9.72. The lowest BCUT2D eigenvalue weighted by Crippen LogP contribution is -2.67. The highest BCUT2D eigenvalue weighted by Gasteiger charge is 2.43. The summed E-state index contributed by atoms with van der Waals surface area (Å²) in [6.45, 7) is 3.16. The summed E-state index contributed by atoms with van der Waals surface area (Å²) < 4.78 is 0. The minimum Gasteiger partial charge on any atom is -0.378 e. The van der Waals surface area contributed by atoms with Gasteiger partial charge in [-0.1, -0.05) is 0 Å². The molecule has 4 atom stereocenters. The number of hydrogen-bond donors (Lipinski definition) is 2. The van der Waals surface area contributed by atoms with Crippen molar-refractivity contribution in [1.29, 1.82) is 0 Å². The monoisotopic (exact) mass is 156 g/mol. The first kappa shape index (κ1) is 7.53. The van der Waals surface area contributed by atoms with Gasteiger partial charge >= 0.3 is 0 Å². The molecule has 0 aromatic heterocycles. The molecular weight excluding hydrogens is 140 g/mol. The van der Waals surface area contributed by atoms with E-state index >= 15 is 0 Å². The minimum absolute atomic E-state index is 0.218. The van der Waals surface area contributed by atoms with Crippen molar-refractivity contribution >= 4 is 0 Å². The van der Waals surface area contributed by atoms with Crippen LogP contribution in [0.25, 0.3) is 0 Å². The van der Waals surface area contributed by atoms with Crippen LogP contribution in [0.5, 0.6) is 0 Å². The molecule has 2 saturated heterocycles. The number of rotatable bonds is 0. The van der Waals surface area contributed by atoms with E-state index in [9.17, 15) is 5.11 Å². The van der Waals surface area contributed by atoms with Crippen LogP contribution in [-0.4, -0.2) is 41.9 Å². The number of aliphatic hydroxyl groups excluding tert-OH is 1. The first-order chi connectivity index (χ1) is 5.20. The Bertz CT molecular complexity index is 156. The van der Waals surface area contributed by atoms with Crippen molar-refractivity contribution in [2.75, 3.05) is 13.6 Å². The first-order valence-corrected chi connectivity index (χ1v) is 4.33. The van der Waals surface area contributed by atoms with Crippen LogP contribution in [0.4, 0.5) is 0 Å². The molecule has 3 nitrogen and oxygen atoms in total. The van der Waals surface area contributed by atoms with Gasteiger partial charge in [0, 0.05) is 24.5 Å². The fourth-order valence-corrected chi connectivity index (χ4v) is 2.09. The zero-order chi connectivity index (χ0) is 8.01. The fourth-order valence-electron chi connectivity index (χ4n) is 2.09. The van der Waals surface area contributed by atoms with Crippen LogP contribution in [0.3, 0.4) is 0 Å². The first-order valence-electron chi connectivity index (χ1n) is 4.33. The van der Waals surface area contributed by atoms with E-state index in [-0.39, 0.29) is 6.23 Å². The molecular formula is C8H16N2O. The maximum atomic E-state index is 9.72. The Balaban J connectivity index is 2.06. The number of aliphatic hydroxyl groups is 1. The maximum Gasteiger partial charge on any atom is 0.112 e. The molecule has 11 heavy (non-hydrogen) atoms. The van der Waals surface area contributed by atoms with Gasteiger partial charge in [0.15, 0.2) is 0 Å². The van der Waals surface area contributed by atoms with E-state index in [1.165, 1.54) is 6.42 Å². The minimum atomic E-state index is -0.218. The number of fused-ring (bicyclic) bond motifs is 1. The molecule has 2 rings (SSSR count). The van der Waals surface area contributed by atoms with E-state index in [1.807, 2.05) is 7.05 Å². The molecule has 2 heterocycles. The van der Waals surface area contributed by atoms with Gasteiger partial charge in [0.25, 0.3) is 0 Å². The van der Waals surface area contributed by atoms with Crippen molar-refractivity contribution in [2.45, 2.75) is 31.7 Å². The predicted octanol–water partition coefficient (Wildman–Crippen LogP) is -0.383. The van der Waals surface area contributed by atoms with E-state index in [4.69, 9.17) is 0 Å². The second-order valence-corrected chi connectivity index (χ2v) is 3.84. The third-order valence-electron chi connectivity index (χ3n) is 3.22. The highest BCUT2D eigenvalue weighted by atomic mass is 16.3. The van der Waals surface area contributed by atoms with E-state index in [1.54, 1.807) is 0 Å². The van der Waals surface area contributed by atoms with Crippen LogP contribution >= 0.6 is 0 Å². The smallest absolute Gasteiger partial charge is 0.112 e. The molecule has 0 saturated carbocycles. The van der Waals surface area contributed by atoms with Crippen LogP contribution in [0.15, 0.2) is 0 Å². The largest absolute Gasteiger partial charge is 0.378 e. The third kappa shape index (κ3) is 0.991. The van der Waals surface area contributed by atoms with Gasteiger partial charge in [-0.15, -0.1) is 0 Å². The van der Waals surface area contributed by atoms with Crippen molar-refractivity contribution < 1.29 is 5.11 Å². The highest BCUT2D eigenvalue weighted by Crippen LogP contribution is 2.30. The second-order valence-electron chi connectivity index (χ2n) is 3.84. The summed E-state index contributed by atoms with van der Waals surface area (Å²) in [6.07, 6.45) is 0.961. The quantitative estimate of drug-likeness (QED) is 0.502. The average Bonchev–Trinajstić information content (AvgIpc) is 1.93. The molecule has 0 radical (unpaired) electrons. The molecule has 3 heteroatoms. The lowest BCUT2D eigenvalue weighted by atomic mass is 9.81. The summed E-state index contributed by atoms with van der Waals surface area (Å²) in [6, 6.07) is 1.09. The molecule has 0 aliphatic carbocycles. The van der Waals surface area contributed by atoms with Gasteiger partial charge in [0.1, 0.15) is 6.23 Å². The van der Waals surface area contributed by atoms with Gasteiger partial charge in [-0.3, -0.25) is 4.90 Å². The van der Waals surface area contributed by atoms with E-state index in [0.29, 0.717) is 18.0 Å². The Morgan fingerprint density at radius 2 is 2.27 bits per heavy atom. The standard InChI is InChI=1S/C8H16N2O/c1-5-3-7-6(4-9-7)8(11)10(5)2/h5-9,11H,3-4H2,1-2H3. The van der Waals surface area contributed by atoms with E-state index in [2.05, 4.69) is 17.1 Å². The van der Waals surface area contributed by atoms with Crippen LogP contribution in [0, 0.1) is 5.92 Å². The van der Waals surface area contributed by atoms with Crippen molar-refractivity contribution in [3.05, 3.63) is 0 Å². The van der Waals surface area contributed by atoms with Crippen LogP contribution < -0.4 is 5.32 Å². The van der Waals surface area contributed by atoms with Crippen molar-refractivity contribution in [1.82, 2.24) is 10.2 Å². The number of hydrogen-bond acceptors (Lipinski definition) is 3. The Morgan fingerprint density at radius 3 is 2.82 bits per heavy atom. The van der Waals surface area contributed by atoms with Gasteiger partial charge in [-0.05, 0) is 20.4 Å². The predicted molar refractivity (Wildman–Crippen MR) is 43.1 cm³/mol. The molecule has 0 aromatic rings. The number of nitrogens with zero attached hydrogens (tertiary/aromatic N) is 1. The highest BCUT2D eigenvalue weighted by molar-refractivity contribution is 4.98. The lowest BCUT2D eigenvalue weighted by molar-refractivity contribution is -0.114. The Hall–Kier alpha value is -0.120. The molecule has 64 valence electrons. The zero-order valence-electron chi connectivity index (χ0n) is 7.12. The average molecular weight is 156 g/mol. The number of piperidine rings is 1. The lowest BCUT2D eigenvalue weighted by Gasteiger charge is -2.51. The molecule has 0 spiro atoms. The topological polar surface area (TPSA) is 35.5 Å².